The molecule has 1 fully saturated rings. The minimum absolute atomic E-state index is 0.0122. The van der Waals surface area contributed by atoms with Gasteiger partial charge >= 0.3 is 0 Å². The number of aliphatic hydroxyl groups excluding tert-OH is 1. The largest absolute Gasteiger partial charge is 0.507 e. The van der Waals surface area contributed by atoms with Crippen LogP contribution in [0.25, 0.3) is 21.8 Å². The van der Waals surface area contributed by atoms with E-state index in [0.29, 0.717) is 30.5 Å². The number of aryl methyl sites for hydroxylation is 2. The van der Waals surface area contributed by atoms with Crippen molar-refractivity contribution in [3.63, 3.8) is 0 Å². The van der Waals surface area contributed by atoms with Crippen molar-refractivity contribution in [1.82, 2.24) is 41.2 Å². The molecule has 1 aliphatic heterocycles. The number of thiazole rings is 1. The van der Waals surface area contributed by atoms with E-state index in [1.54, 1.807) is 37.6 Å². The van der Waals surface area contributed by atoms with Gasteiger partial charge in [0.15, 0.2) is 11.5 Å². The molecular formula is C55H68N8O9S. The highest BCUT2D eigenvalue weighted by atomic mass is 32.1. The lowest BCUT2D eigenvalue weighted by Crippen LogP contribution is -2.57. The lowest BCUT2D eigenvalue weighted by atomic mass is 9.85. The molecule has 4 atom stereocenters. The number of aromatic hydroxyl groups is 1. The van der Waals surface area contributed by atoms with Gasteiger partial charge in [-0.3, -0.25) is 28.8 Å². The van der Waals surface area contributed by atoms with Crippen molar-refractivity contribution in [3.8, 4) is 27.5 Å². The van der Waals surface area contributed by atoms with E-state index < -0.39 is 29.5 Å². The topological polar surface area (TPSA) is 236 Å². The van der Waals surface area contributed by atoms with Gasteiger partial charge in [-0.15, -0.1) is 11.3 Å². The van der Waals surface area contributed by atoms with E-state index in [0.717, 1.165) is 77.8 Å². The highest BCUT2D eigenvalue weighted by molar-refractivity contribution is 7.13. The molecule has 0 saturated carbocycles. The molecular weight excluding hydrogens is 949 g/mol. The normalized spacial score (nSPS) is 16.6. The molecule has 6 amide bonds. The Morgan fingerprint density at radius 2 is 1.59 bits per heavy atom. The molecule has 0 unspecified atom stereocenters. The standard InChI is InChI=1S/C55H68N8O9S/c1-33-48(73-32-58-33)36-17-15-34(16-18-36)30-57-52(69)44-28-39(64)31-63(44)54(71)49(55(2,3)4)60-47(66)14-12-10-8-7-9-11-13-25-56-50(67)38-20-19-35-22-24-42(41(35)26-38)59-51(68)43-29-46(72-61-43)37-21-23-40(45(65)27-37)53(70)62(5)6/h15-21,23,26-27,29,32,39,42,44,49,64-65H,7-14,22,24-25,28,30-31H2,1-6H3,(H,56,67)(H,57,69)(H,59,68)(H,60,66)/t39-,42-,44+,49-/m1/s1. The summed E-state index contributed by atoms with van der Waals surface area (Å²) in [5.41, 5.74) is 7.20. The third-order valence-electron chi connectivity index (χ3n) is 13.5. The van der Waals surface area contributed by atoms with Gasteiger partial charge in [0.1, 0.15) is 17.8 Å². The summed E-state index contributed by atoms with van der Waals surface area (Å²) in [6, 6.07) is 17.4. The Morgan fingerprint density at radius 3 is 2.27 bits per heavy atom. The predicted molar refractivity (Wildman–Crippen MR) is 278 cm³/mol. The van der Waals surface area contributed by atoms with E-state index in [4.69, 9.17) is 4.52 Å². The third kappa shape index (κ3) is 13.8. The van der Waals surface area contributed by atoms with E-state index in [9.17, 15) is 39.0 Å². The van der Waals surface area contributed by atoms with Crippen molar-refractivity contribution < 1.29 is 43.5 Å². The Hall–Kier alpha value is -6.92. The van der Waals surface area contributed by atoms with Crippen molar-refractivity contribution in [2.24, 2.45) is 5.41 Å². The molecule has 5 aromatic rings. The number of fused-ring (bicyclic) bond motifs is 1. The number of amides is 6. The highest BCUT2D eigenvalue weighted by Crippen LogP contribution is 2.34. The van der Waals surface area contributed by atoms with Crippen molar-refractivity contribution in [3.05, 3.63) is 111 Å². The van der Waals surface area contributed by atoms with Gasteiger partial charge in [-0.05, 0) is 84.5 Å². The number of carbonyl (C=O) groups is 6. The number of carbonyl (C=O) groups excluding carboxylic acids is 6. The van der Waals surface area contributed by atoms with E-state index in [-0.39, 0.29) is 84.3 Å². The molecule has 2 aromatic heterocycles. The highest BCUT2D eigenvalue weighted by Gasteiger charge is 2.44. The zero-order valence-electron chi connectivity index (χ0n) is 42.6. The molecule has 0 spiro atoms. The maximum atomic E-state index is 14.0. The molecule has 18 heteroatoms. The number of β-amino-alcohol motifs (C(OH)–C–C–N with tert-alkyl or cyclic N) is 1. The fraction of sp³-hybridized carbons (Fsp3) is 0.455. The second kappa shape index (κ2) is 24.2. The van der Waals surface area contributed by atoms with Crippen molar-refractivity contribution in [2.75, 3.05) is 27.2 Å². The number of benzene rings is 3. The van der Waals surface area contributed by atoms with Gasteiger partial charge in [0.25, 0.3) is 17.7 Å². The first-order valence-electron chi connectivity index (χ1n) is 25.2. The van der Waals surface area contributed by atoms with Crippen molar-refractivity contribution in [1.29, 1.82) is 0 Å². The quantitative estimate of drug-likeness (QED) is 0.0400. The van der Waals surface area contributed by atoms with E-state index in [2.05, 4.69) is 31.4 Å². The zero-order chi connectivity index (χ0) is 52.4. The van der Waals surface area contributed by atoms with Crippen molar-refractivity contribution in [2.45, 2.75) is 129 Å². The molecule has 388 valence electrons. The second-order valence-electron chi connectivity index (χ2n) is 20.4. The maximum absolute atomic E-state index is 14.0. The smallest absolute Gasteiger partial charge is 0.273 e. The number of unbranched alkanes of at least 4 members (excludes halogenated alkanes) is 6. The summed E-state index contributed by atoms with van der Waals surface area (Å²) >= 11 is 1.57. The molecule has 3 aromatic carbocycles. The summed E-state index contributed by atoms with van der Waals surface area (Å²) < 4.78 is 5.41. The van der Waals surface area contributed by atoms with Crippen LogP contribution in [0.4, 0.5) is 0 Å². The Labute approximate surface area is 430 Å². The Bertz CT molecular complexity index is 2780. The number of aliphatic hydroxyl groups is 1. The van der Waals surface area contributed by atoms with Crippen molar-refractivity contribution >= 4 is 46.8 Å². The van der Waals surface area contributed by atoms with Gasteiger partial charge in [0, 0.05) is 63.8 Å². The maximum Gasteiger partial charge on any atom is 0.273 e. The van der Waals surface area contributed by atoms with Gasteiger partial charge in [0.2, 0.25) is 17.7 Å². The van der Waals surface area contributed by atoms with Gasteiger partial charge in [0.05, 0.1) is 33.8 Å². The summed E-state index contributed by atoms with van der Waals surface area (Å²) in [6.07, 6.45) is 7.14. The number of nitrogens with zero attached hydrogens (tertiary/aromatic N) is 4. The number of aromatic nitrogens is 2. The molecule has 7 rings (SSSR count). The molecule has 0 radical (unpaired) electrons. The number of phenolic OH excluding ortho intramolecular Hbond substituents is 1. The van der Waals surface area contributed by atoms with Crippen LogP contribution in [-0.2, 0) is 27.3 Å². The summed E-state index contributed by atoms with van der Waals surface area (Å²) in [7, 11) is 3.18. The molecule has 3 heterocycles. The lowest BCUT2D eigenvalue weighted by molar-refractivity contribution is -0.144. The Balaban J connectivity index is 0.778. The monoisotopic (exact) mass is 1020 g/mol. The van der Waals surface area contributed by atoms with E-state index in [1.807, 2.05) is 69.6 Å². The Morgan fingerprint density at radius 1 is 0.877 bits per heavy atom. The summed E-state index contributed by atoms with van der Waals surface area (Å²) in [6.45, 7) is 8.40. The predicted octanol–water partition coefficient (Wildman–Crippen LogP) is 7.26. The molecule has 73 heavy (non-hydrogen) atoms. The number of hydrogen-bond donors (Lipinski definition) is 6. The van der Waals surface area contributed by atoms with Crippen LogP contribution in [0.1, 0.15) is 145 Å². The Kier molecular flexibility index (Phi) is 17.9. The van der Waals surface area contributed by atoms with Gasteiger partial charge in [-0.2, -0.15) is 0 Å². The first kappa shape index (κ1) is 53.9. The second-order valence-corrected chi connectivity index (χ2v) is 21.3. The van der Waals surface area contributed by atoms with Crippen LogP contribution in [0.2, 0.25) is 0 Å². The van der Waals surface area contributed by atoms with E-state index >= 15 is 0 Å². The third-order valence-corrected chi connectivity index (χ3v) is 14.5. The summed E-state index contributed by atoms with van der Waals surface area (Å²) in [5, 5.41) is 36.9. The molecule has 17 nitrogen and oxygen atoms in total. The average Bonchev–Trinajstić information content (AvgIpc) is 4.20. The minimum Gasteiger partial charge on any atom is -0.507 e. The van der Waals surface area contributed by atoms with Crippen LogP contribution in [0.15, 0.2) is 76.8 Å². The molecule has 1 aliphatic carbocycles. The summed E-state index contributed by atoms with van der Waals surface area (Å²) in [5.74, 6) is -1.89. The van der Waals surface area contributed by atoms with Gasteiger partial charge < -0.3 is 45.8 Å². The molecule has 0 bridgehead atoms. The first-order valence-corrected chi connectivity index (χ1v) is 26.0. The average molecular weight is 1020 g/mol. The number of likely N-dealkylation sites (tertiary alicyclic amines) is 1. The van der Waals surface area contributed by atoms with Crippen LogP contribution >= 0.6 is 11.3 Å². The zero-order valence-corrected chi connectivity index (χ0v) is 43.4. The van der Waals surface area contributed by atoms with Crippen LogP contribution in [-0.4, -0.2) is 111 Å². The van der Waals surface area contributed by atoms with Crippen LogP contribution in [0, 0.1) is 12.3 Å². The minimum atomic E-state index is -0.879. The number of rotatable bonds is 21. The lowest BCUT2D eigenvalue weighted by Gasteiger charge is -2.35. The van der Waals surface area contributed by atoms with Gasteiger partial charge in [-0.1, -0.05) is 94.4 Å². The summed E-state index contributed by atoms with van der Waals surface area (Å²) in [4.78, 5) is 87.6. The SMILES string of the molecule is Cc1ncsc1-c1ccc(CNC(=O)[C@@H]2C[C@@H](O)CN2C(=O)[C@@H](NC(=O)CCCCCCCCCNC(=O)c2ccc3c(c2)[C@H](NC(=O)c2cc(-c4ccc(C(=O)N(C)C)c(O)c4)on2)CC3)C(C)(C)C)cc1. The number of phenols is 1. The van der Waals surface area contributed by atoms with E-state index in [1.165, 1.54) is 28.0 Å². The first-order chi connectivity index (χ1) is 34.9. The number of hydrogen-bond acceptors (Lipinski definition) is 12. The fourth-order valence-corrected chi connectivity index (χ4v) is 10.2. The van der Waals surface area contributed by atoms with Crippen LogP contribution < -0.4 is 21.3 Å². The molecule has 2 aliphatic rings. The van der Waals surface area contributed by atoms with Crippen LogP contribution in [0.5, 0.6) is 5.75 Å². The van der Waals surface area contributed by atoms with Crippen LogP contribution in [0.3, 0.4) is 0 Å². The fourth-order valence-electron chi connectivity index (χ4n) is 9.36. The molecule has 1 saturated heterocycles. The van der Waals surface area contributed by atoms with Gasteiger partial charge in [-0.25, -0.2) is 4.98 Å². The molecule has 6 N–H and O–H groups in total. The number of nitrogens with one attached hydrogen (secondary N) is 4.